The van der Waals surface area contributed by atoms with Crippen molar-refractivity contribution in [2.24, 2.45) is 0 Å². The molecule has 0 aliphatic rings. The maximum Gasteiger partial charge on any atom is 0.154 e. The van der Waals surface area contributed by atoms with E-state index in [4.69, 9.17) is 10.5 Å². The minimum atomic E-state index is 0.417. The number of anilines is 1. The van der Waals surface area contributed by atoms with Crippen LogP contribution in [0.1, 0.15) is 0 Å². The lowest BCUT2D eigenvalue weighted by Gasteiger charge is -2.08. The summed E-state index contributed by atoms with van der Waals surface area (Å²) in [4.78, 5) is 0. The minimum Gasteiger partial charge on any atom is -0.497 e. The van der Waals surface area contributed by atoms with Gasteiger partial charge in [-0.25, -0.2) is 0 Å². The van der Waals surface area contributed by atoms with Gasteiger partial charge in [0.05, 0.1) is 12.8 Å². The Labute approximate surface area is 123 Å². The lowest BCUT2D eigenvalue weighted by atomic mass is 10.0. The highest BCUT2D eigenvalue weighted by atomic mass is 16.5. The van der Waals surface area contributed by atoms with Gasteiger partial charge in [0.2, 0.25) is 0 Å². The number of methoxy groups -OCH3 is 1. The molecular formula is C17H15N3O. The molecule has 0 unspecified atom stereocenters. The van der Waals surface area contributed by atoms with Crippen LogP contribution >= 0.6 is 0 Å². The molecule has 0 fully saturated rings. The van der Waals surface area contributed by atoms with Crippen LogP contribution in [0.5, 0.6) is 5.75 Å². The van der Waals surface area contributed by atoms with E-state index in [0.29, 0.717) is 5.82 Å². The zero-order chi connectivity index (χ0) is 14.7. The molecule has 2 aromatic carbocycles. The van der Waals surface area contributed by atoms with Gasteiger partial charge in [-0.2, -0.15) is 0 Å². The summed E-state index contributed by atoms with van der Waals surface area (Å²) in [5, 5.41) is 8.24. The first-order valence-corrected chi connectivity index (χ1v) is 6.61. The fourth-order valence-corrected chi connectivity index (χ4v) is 2.15. The second-order valence-corrected chi connectivity index (χ2v) is 4.62. The second kappa shape index (κ2) is 5.63. The Morgan fingerprint density at radius 2 is 1.57 bits per heavy atom. The molecular weight excluding hydrogens is 262 g/mol. The molecule has 0 atom stereocenters. The van der Waals surface area contributed by atoms with Gasteiger partial charge < -0.3 is 10.5 Å². The van der Waals surface area contributed by atoms with E-state index in [-0.39, 0.29) is 0 Å². The van der Waals surface area contributed by atoms with Gasteiger partial charge in [0.25, 0.3) is 0 Å². The highest BCUT2D eigenvalue weighted by Gasteiger charge is 2.08. The van der Waals surface area contributed by atoms with E-state index < -0.39 is 0 Å². The summed E-state index contributed by atoms with van der Waals surface area (Å²) in [6.07, 6.45) is 0. The van der Waals surface area contributed by atoms with E-state index in [1.54, 1.807) is 7.11 Å². The van der Waals surface area contributed by atoms with E-state index in [2.05, 4.69) is 10.2 Å². The third-order valence-corrected chi connectivity index (χ3v) is 3.29. The molecule has 0 amide bonds. The summed E-state index contributed by atoms with van der Waals surface area (Å²) in [6.45, 7) is 0. The molecule has 0 radical (unpaired) electrons. The Balaban J connectivity index is 2.05. The van der Waals surface area contributed by atoms with Crippen LogP contribution in [0.15, 0.2) is 60.7 Å². The van der Waals surface area contributed by atoms with Gasteiger partial charge in [0.1, 0.15) is 5.75 Å². The smallest absolute Gasteiger partial charge is 0.154 e. The number of nitrogen functional groups attached to an aromatic ring is 1. The third-order valence-electron chi connectivity index (χ3n) is 3.29. The van der Waals surface area contributed by atoms with Crippen molar-refractivity contribution in [2.45, 2.75) is 0 Å². The SMILES string of the molecule is COc1ccc(-c2cc(-c3ccccc3)nnc2N)cc1. The van der Waals surface area contributed by atoms with Crippen molar-refractivity contribution in [2.75, 3.05) is 12.8 Å². The van der Waals surface area contributed by atoms with Gasteiger partial charge in [-0.15, -0.1) is 10.2 Å². The van der Waals surface area contributed by atoms with E-state index in [1.807, 2.05) is 60.7 Å². The zero-order valence-corrected chi connectivity index (χ0v) is 11.7. The molecule has 1 heterocycles. The number of aromatic nitrogens is 2. The molecule has 3 rings (SSSR count). The fourth-order valence-electron chi connectivity index (χ4n) is 2.15. The maximum atomic E-state index is 5.97. The Bertz CT molecular complexity index is 740. The van der Waals surface area contributed by atoms with Gasteiger partial charge in [-0.05, 0) is 23.8 Å². The zero-order valence-electron chi connectivity index (χ0n) is 11.7. The molecule has 0 spiro atoms. The van der Waals surface area contributed by atoms with E-state index in [0.717, 1.165) is 28.1 Å². The minimum absolute atomic E-state index is 0.417. The number of hydrogen-bond donors (Lipinski definition) is 1. The molecule has 4 heteroatoms. The van der Waals surface area contributed by atoms with Crippen LogP contribution in [-0.4, -0.2) is 17.3 Å². The predicted molar refractivity (Wildman–Crippen MR) is 83.9 cm³/mol. The molecule has 4 nitrogen and oxygen atoms in total. The number of ether oxygens (including phenoxy) is 1. The van der Waals surface area contributed by atoms with Gasteiger partial charge in [-0.3, -0.25) is 0 Å². The first kappa shape index (κ1) is 13.1. The summed E-state index contributed by atoms with van der Waals surface area (Å²) in [6, 6.07) is 19.6. The molecule has 3 aromatic rings. The summed E-state index contributed by atoms with van der Waals surface area (Å²) in [7, 11) is 1.64. The number of rotatable bonds is 3. The van der Waals surface area contributed by atoms with Crippen molar-refractivity contribution in [3.8, 4) is 28.1 Å². The summed E-state index contributed by atoms with van der Waals surface area (Å²) < 4.78 is 5.17. The highest BCUT2D eigenvalue weighted by Crippen LogP contribution is 2.29. The van der Waals surface area contributed by atoms with Crippen molar-refractivity contribution >= 4 is 5.82 Å². The van der Waals surface area contributed by atoms with Crippen molar-refractivity contribution in [3.05, 3.63) is 60.7 Å². The van der Waals surface area contributed by atoms with Crippen molar-refractivity contribution < 1.29 is 4.74 Å². The van der Waals surface area contributed by atoms with E-state index >= 15 is 0 Å². The topological polar surface area (TPSA) is 61.0 Å². The van der Waals surface area contributed by atoms with Crippen LogP contribution in [0.25, 0.3) is 22.4 Å². The van der Waals surface area contributed by atoms with Gasteiger partial charge in [0.15, 0.2) is 5.82 Å². The standard InChI is InChI=1S/C17H15N3O/c1-21-14-9-7-12(8-10-14)15-11-16(19-20-17(15)18)13-5-3-2-4-6-13/h2-11H,1H3,(H2,18,20). The molecule has 0 aliphatic carbocycles. The molecule has 1 aromatic heterocycles. The number of nitrogens with two attached hydrogens (primary N) is 1. The molecule has 104 valence electrons. The fraction of sp³-hybridized carbons (Fsp3) is 0.0588. The van der Waals surface area contributed by atoms with Crippen molar-refractivity contribution in [1.82, 2.24) is 10.2 Å². The monoisotopic (exact) mass is 277 g/mol. The summed E-state index contributed by atoms with van der Waals surface area (Å²) in [5.41, 5.74) is 9.63. The lowest BCUT2D eigenvalue weighted by molar-refractivity contribution is 0.415. The quantitative estimate of drug-likeness (QED) is 0.797. The van der Waals surface area contributed by atoms with E-state index in [1.165, 1.54) is 0 Å². The van der Waals surface area contributed by atoms with Gasteiger partial charge >= 0.3 is 0 Å². The first-order valence-electron chi connectivity index (χ1n) is 6.61. The Morgan fingerprint density at radius 3 is 2.24 bits per heavy atom. The molecule has 0 aliphatic heterocycles. The molecule has 2 N–H and O–H groups in total. The largest absolute Gasteiger partial charge is 0.497 e. The molecule has 0 bridgehead atoms. The van der Waals surface area contributed by atoms with Crippen LogP contribution < -0.4 is 10.5 Å². The molecule has 0 saturated carbocycles. The normalized spacial score (nSPS) is 10.3. The van der Waals surface area contributed by atoms with Crippen LogP contribution in [0.2, 0.25) is 0 Å². The van der Waals surface area contributed by atoms with Crippen LogP contribution in [0, 0.1) is 0 Å². The summed E-state index contributed by atoms with van der Waals surface area (Å²) >= 11 is 0. The van der Waals surface area contributed by atoms with Crippen LogP contribution in [0.3, 0.4) is 0 Å². The third kappa shape index (κ3) is 2.69. The average Bonchev–Trinajstić information content (AvgIpc) is 2.56. The number of nitrogens with zero attached hydrogens (tertiary/aromatic N) is 2. The predicted octanol–water partition coefficient (Wildman–Crippen LogP) is 3.40. The van der Waals surface area contributed by atoms with Gasteiger partial charge in [-0.1, -0.05) is 42.5 Å². The second-order valence-electron chi connectivity index (χ2n) is 4.62. The first-order chi connectivity index (χ1) is 10.3. The lowest BCUT2D eigenvalue weighted by Crippen LogP contribution is -1.98. The Kier molecular flexibility index (Phi) is 3.51. The highest BCUT2D eigenvalue weighted by molar-refractivity contribution is 5.77. The summed E-state index contributed by atoms with van der Waals surface area (Å²) in [5.74, 6) is 1.22. The van der Waals surface area contributed by atoms with Crippen molar-refractivity contribution in [1.29, 1.82) is 0 Å². The van der Waals surface area contributed by atoms with Crippen LogP contribution in [0.4, 0.5) is 5.82 Å². The average molecular weight is 277 g/mol. The number of hydrogen-bond acceptors (Lipinski definition) is 4. The van der Waals surface area contributed by atoms with Crippen LogP contribution in [-0.2, 0) is 0 Å². The Morgan fingerprint density at radius 1 is 0.857 bits per heavy atom. The number of benzene rings is 2. The maximum absolute atomic E-state index is 5.97. The van der Waals surface area contributed by atoms with Gasteiger partial charge in [0, 0.05) is 11.1 Å². The van der Waals surface area contributed by atoms with E-state index in [9.17, 15) is 0 Å². The Hall–Kier alpha value is -2.88. The molecule has 0 saturated heterocycles. The van der Waals surface area contributed by atoms with Crippen molar-refractivity contribution in [3.63, 3.8) is 0 Å². The molecule has 21 heavy (non-hydrogen) atoms.